The van der Waals surface area contributed by atoms with Crippen molar-refractivity contribution in [1.82, 2.24) is 0 Å². The fourth-order valence-corrected chi connectivity index (χ4v) is 1.64. The van der Waals surface area contributed by atoms with Crippen LogP contribution in [0.5, 0.6) is 0 Å². The lowest BCUT2D eigenvalue weighted by Gasteiger charge is -2.19. The summed E-state index contributed by atoms with van der Waals surface area (Å²) in [4.78, 5) is 11.4. The zero-order valence-corrected chi connectivity index (χ0v) is 10.0. The minimum absolute atomic E-state index is 0.181. The molecular formula is C12H25NO. The highest BCUT2D eigenvalue weighted by atomic mass is 16.1. The second-order valence-electron chi connectivity index (χ2n) is 4.74. The van der Waals surface area contributed by atoms with Gasteiger partial charge in [-0.2, -0.15) is 0 Å². The third-order valence-electron chi connectivity index (χ3n) is 2.89. The molecule has 0 aliphatic rings. The highest BCUT2D eigenvalue weighted by Crippen LogP contribution is 2.21. The van der Waals surface area contributed by atoms with Crippen LogP contribution in [0.2, 0.25) is 0 Å². The van der Waals surface area contributed by atoms with Gasteiger partial charge in [-0.1, -0.05) is 27.7 Å². The first-order valence-corrected chi connectivity index (χ1v) is 5.71. The molecule has 0 bridgehead atoms. The first kappa shape index (κ1) is 13.6. The second-order valence-corrected chi connectivity index (χ2v) is 4.74. The largest absolute Gasteiger partial charge is 0.330 e. The average molecular weight is 199 g/mol. The molecule has 2 N–H and O–H groups in total. The van der Waals surface area contributed by atoms with Crippen LogP contribution in [-0.2, 0) is 4.79 Å². The number of hydrogen-bond donors (Lipinski definition) is 1. The van der Waals surface area contributed by atoms with E-state index in [1.54, 1.807) is 0 Å². The molecule has 0 radical (unpaired) electrons. The van der Waals surface area contributed by atoms with Gasteiger partial charge in [-0.3, -0.25) is 4.79 Å². The van der Waals surface area contributed by atoms with Crippen LogP contribution >= 0.6 is 0 Å². The summed E-state index contributed by atoms with van der Waals surface area (Å²) >= 11 is 0. The Morgan fingerprint density at radius 2 is 1.71 bits per heavy atom. The maximum atomic E-state index is 11.4. The summed E-state index contributed by atoms with van der Waals surface area (Å²) in [6, 6.07) is 0. The monoisotopic (exact) mass is 199 g/mol. The van der Waals surface area contributed by atoms with Crippen LogP contribution in [0, 0.1) is 17.8 Å². The summed E-state index contributed by atoms with van der Waals surface area (Å²) in [5.41, 5.74) is 5.55. The summed E-state index contributed by atoms with van der Waals surface area (Å²) < 4.78 is 0. The van der Waals surface area contributed by atoms with Gasteiger partial charge in [0, 0.05) is 12.3 Å². The average Bonchev–Trinajstić information content (AvgIpc) is 2.10. The lowest BCUT2D eigenvalue weighted by atomic mass is 9.86. The van der Waals surface area contributed by atoms with Crippen molar-refractivity contribution in [2.75, 3.05) is 6.54 Å². The minimum atomic E-state index is 0.181. The Kier molecular flexibility index (Phi) is 6.81. The normalized spacial score (nSPS) is 13.6. The van der Waals surface area contributed by atoms with Gasteiger partial charge in [-0.15, -0.1) is 0 Å². The lowest BCUT2D eigenvalue weighted by Crippen LogP contribution is -2.17. The van der Waals surface area contributed by atoms with E-state index in [4.69, 9.17) is 5.73 Å². The zero-order valence-electron chi connectivity index (χ0n) is 10.0. The fourth-order valence-electron chi connectivity index (χ4n) is 1.64. The van der Waals surface area contributed by atoms with E-state index in [1.807, 2.05) is 13.8 Å². The van der Waals surface area contributed by atoms with Crippen molar-refractivity contribution in [3.8, 4) is 0 Å². The highest BCUT2D eigenvalue weighted by molar-refractivity contribution is 5.80. The molecule has 0 heterocycles. The molecule has 0 aromatic carbocycles. The molecule has 1 atom stereocenters. The van der Waals surface area contributed by atoms with Crippen LogP contribution in [0.4, 0.5) is 0 Å². The molecule has 0 aromatic rings. The van der Waals surface area contributed by atoms with Gasteiger partial charge in [-0.25, -0.2) is 0 Å². The quantitative estimate of drug-likeness (QED) is 0.685. The summed E-state index contributed by atoms with van der Waals surface area (Å²) in [6.45, 7) is 9.09. The molecule has 0 saturated carbocycles. The molecule has 0 aromatic heterocycles. The highest BCUT2D eigenvalue weighted by Gasteiger charge is 2.15. The number of hydrogen-bond acceptors (Lipinski definition) is 2. The predicted octanol–water partition coefficient (Wildman–Crippen LogP) is 2.61. The van der Waals surface area contributed by atoms with E-state index in [1.165, 1.54) is 0 Å². The van der Waals surface area contributed by atoms with Crippen molar-refractivity contribution >= 4 is 5.78 Å². The Bertz CT molecular complexity index is 164. The fraction of sp³-hybridized carbons (Fsp3) is 0.917. The molecule has 2 nitrogen and oxygen atoms in total. The summed E-state index contributed by atoms with van der Waals surface area (Å²) in [5.74, 6) is 1.81. The SMILES string of the molecule is CC(C)C(=O)CCC(CCN)C(C)C. The van der Waals surface area contributed by atoms with E-state index in [-0.39, 0.29) is 5.92 Å². The van der Waals surface area contributed by atoms with Gasteiger partial charge in [0.2, 0.25) is 0 Å². The predicted molar refractivity (Wildman–Crippen MR) is 61.1 cm³/mol. The lowest BCUT2D eigenvalue weighted by molar-refractivity contribution is -0.122. The first-order chi connectivity index (χ1) is 6.49. The maximum Gasteiger partial charge on any atom is 0.135 e. The number of carbonyl (C=O) groups is 1. The molecule has 84 valence electrons. The molecule has 0 aliphatic carbocycles. The van der Waals surface area contributed by atoms with E-state index in [0.717, 1.165) is 25.8 Å². The van der Waals surface area contributed by atoms with Crippen molar-refractivity contribution < 1.29 is 4.79 Å². The minimum Gasteiger partial charge on any atom is -0.330 e. The molecule has 2 heteroatoms. The Balaban J connectivity index is 3.87. The van der Waals surface area contributed by atoms with Crippen LogP contribution in [0.15, 0.2) is 0 Å². The van der Waals surface area contributed by atoms with Gasteiger partial charge in [-0.05, 0) is 31.2 Å². The number of Topliss-reactive ketones (excluding diaryl/α,β-unsaturated/α-hetero) is 1. The van der Waals surface area contributed by atoms with Crippen molar-refractivity contribution in [3.63, 3.8) is 0 Å². The topological polar surface area (TPSA) is 43.1 Å². The van der Waals surface area contributed by atoms with E-state index in [2.05, 4.69) is 13.8 Å². The van der Waals surface area contributed by atoms with E-state index < -0.39 is 0 Å². The molecule has 0 saturated heterocycles. The van der Waals surface area contributed by atoms with Gasteiger partial charge in [0.15, 0.2) is 0 Å². The maximum absolute atomic E-state index is 11.4. The van der Waals surface area contributed by atoms with Crippen LogP contribution in [-0.4, -0.2) is 12.3 Å². The number of carbonyl (C=O) groups excluding carboxylic acids is 1. The van der Waals surface area contributed by atoms with Crippen molar-refractivity contribution in [2.45, 2.75) is 47.0 Å². The van der Waals surface area contributed by atoms with Gasteiger partial charge in [0.25, 0.3) is 0 Å². The summed E-state index contributed by atoms with van der Waals surface area (Å²) in [5, 5.41) is 0. The Morgan fingerprint density at radius 1 is 1.14 bits per heavy atom. The van der Waals surface area contributed by atoms with E-state index in [9.17, 15) is 4.79 Å². The van der Waals surface area contributed by atoms with E-state index >= 15 is 0 Å². The Labute approximate surface area is 88.3 Å². The molecule has 0 fully saturated rings. The smallest absolute Gasteiger partial charge is 0.135 e. The van der Waals surface area contributed by atoms with Crippen LogP contribution in [0.3, 0.4) is 0 Å². The van der Waals surface area contributed by atoms with Crippen molar-refractivity contribution in [3.05, 3.63) is 0 Å². The molecule has 14 heavy (non-hydrogen) atoms. The molecule has 0 spiro atoms. The second kappa shape index (κ2) is 6.99. The molecule has 0 aliphatic heterocycles. The number of rotatable bonds is 7. The van der Waals surface area contributed by atoms with Gasteiger partial charge < -0.3 is 5.73 Å². The van der Waals surface area contributed by atoms with Crippen LogP contribution in [0.25, 0.3) is 0 Å². The van der Waals surface area contributed by atoms with Gasteiger partial charge >= 0.3 is 0 Å². The first-order valence-electron chi connectivity index (χ1n) is 5.71. The molecule has 0 amide bonds. The number of ketones is 1. The Morgan fingerprint density at radius 3 is 2.07 bits per heavy atom. The molecule has 1 unspecified atom stereocenters. The van der Waals surface area contributed by atoms with Gasteiger partial charge in [0.1, 0.15) is 5.78 Å². The van der Waals surface area contributed by atoms with Crippen LogP contribution < -0.4 is 5.73 Å². The van der Waals surface area contributed by atoms with Crippen molar-refractivity contribution in [1.29, 1.82) is 0 Å². The number of nitrogens with two attached hydrogens (primary N) is 1. The molecule has 0 rings (SSSR count). The molecular weight excluding hydrogens is 174 g/mol. The standard InChI is InChI=1S/C12H25NO/c1-9(2)11(7-8-13)5-6-12(14)10(3)4/h9-11H,5-8,13H2,1-4H3. The zero-order chi connectivity index (χ0) is 11.1. The van der Waals surface area contributed by atoms with Gasteiger partial charge in [0.05, 0.1) is 0 Å². The third kappa shape index (κ3) is 5.38. The van der Waals surface area contributed by atoms with Crippen molar-refractivity contribution in [2.24, 2.45) is 23.5 Å². The third-order valence-corrected chi connectivity index (χ3v) is 2.89. The summed E-state index contributed by atoms with van der Waals surface area (Å²) in [7, 11) is 0. The van der Waals surface area contributed by atoms with Crippen LogP contribution in [0.1, 0.15) is 47.0 Å². The summed E-state index contributed by atoms with van der Waals surface area (Å²) in [6.07, 6.45) is 2.77. The Hall–Kier alpha value is -0.370. The van der Waals surface area contributed by atoms with E-state index in [0.29, 0.717) is 17.6 Å².